The average molecular weight is 262 g/mol. The largest absolute Gasteiger partial charge is 0.468 e. The highest BCUT2D eigenvalue weighted by molar-refractivity contribution is 5.95. The van der Waals surface area contributed by atoms with E-state index in [1.54, 1.807) is 0 Å². The van der Waals surface area contributed by atoms with E-state index in [9.17, 15) is 9.59 Å². The summed E-state index contributed by atoms with van der Waals surface area (Å²) in [6.07, 6.45) is 2.11. The molecule has 0 aliphatic carbocycles. The molecule has 1 rings (SSSR count). The van der Waals surface area contributed by atoms with E-state index in [1.165, 1.54) is 14.2 Å². The van der Waals surface area contributed by atoms with Gasteiger partial charge in [0, 0.05) is 0 Å². The molecule has 0 fully saturated rings. The number of methoxy groups -OCH3 is 2. The zero-order valence-corrected chi connectivity index (χ0v) is 11.4. The summed E-state index contributed by atoms with van der Waals surface area (Å²) in [6.45, 7) is 1.93. The van der Waals surface area contributed by atoms with Crippen molar-refractivity contribution < 1.29 is 19.1 Å². The second kappa shape index (κ2) is 7.36. The molecule has 0 bridgehead atoms. The second-order valence-corrected chi connectivity index (χ2v) is 4.09. The van der Waals surface area contributed by atoms with Gasteiger partial charge in [-0.3, -0.25) is 9.59 Å². The first-order valence-corrected chi connectivity index (χ1v) is 5.98. The Hall–Kier alpha value is -2.10. The summed E-state index contributed by atoms with van der Waals surface area (Å²) in [5.74, 6) is -2.07. The van der Waals surface area contributed by atoms with Crippen LogP contribution in [0.3, 0.4) is 0 Å². The van der Waals surface area contributed by atoms with Crippen LogP contribution in [0.4, 0.5) is 0 Å². The van der Waals surface area contributed by atoms with Crippen LogP contribution >= 0.6 is 0 Å². The lowest BCUT2D eigenvalue weighted by atomic mass is 10.0. The lowest BCUT2D eigenvalue weighted by Crippen LogP contribution is -2.26. The van der Waals surface area contributed by atoms with Crippen molar-refractivity contribution in [1.29, 1.82) is 0 Å². The average Bonchev–Trinajstić information content (AvgIpc) is 2.47. The van der Waals surface area contributed by atoms with Gasteiger partial charge in [-0.1, -0.05) is 36.4 Å². The number of allylic oxidation sites excluding steroid dienone is 2. The lowest BCUT2D eigenvalue weighted by Gasteiger charge is -2.10. The minimum atomic E-state index is -0.909. The van der Waals surface area contributed by atoms with Crippen molar-refractivity contribution in [2.45, 2.75) is 13.3 Å². The van der Waals surface area contributed by atoms with Crippen LogP contribution in [0.1, 0.15) is 18.9 Å². The van der Waals surface area contributed by atoms with Crippen LogP contribution in [0.5, 0.6) is 0 Å². The Morgan fingerprint density at radius 3 is 2.11 bits per heavy atom. The number of carbonyl (C=O) groups is 2. The van der Waals surface area contributed by atoms with E-state index in [2.05, 4.69) is 9.47 Å². The molecule has 102 valence electrons. The molecule has 0 N–H and O–H groups in total. The summed E-state index contributed by atoms with van der Waals surface area (Å²) in [7, 11) is 2.51. The summed E-state index contributed by atoms with van der Waals surface area (Å²) in [5.41, 5.74) is 2.05. The molecule has 0 atom stereocenters. The highest BCUT2D eigenvalue weighted by Crippen LogP contribution is 2.17. The van der Waals surface area contributed by atoms with E-state index in [1.807, 2.05) is 43.3 Å². The molecule has 0 amide bonds. The maximum absolute atomic E-state index is 11.5. The molecule has 0 radical (unpaired) electrons. The summed E-state index contributed by atoms with van der Waals surface area (Å²) in [6, 6.07) is 9.74. The van der Waals surface area contributed by atoms with Crippen molar-refractivity contribution in [2.24, 2.45) is 5.92 Å². The number of rotatable bonds is 5. The van der Waals surface area contributed by atoms with Gasteiger partial charge in [0.25, 0.3) is 0 Å². The fourth-order valence-corrected chi connectivity index (χ4v) is 1.69. The third kappa shape index (κ3) is 4.25. The van der Waals surface area contributed by atoms with Crippen molar-refractivity contribution in [3.8, 4) is 0 Å². The molecule has 19 heavy (non-hydrogen) atoms. The van der Waals surface area contributed by atoms with Gasteiger partial charge >= 0.3 is 11.9 Å². The molecule has 0 unspecified atom stereocenters. The number of ether oxygens (including phenoxy) is 2. The van der Waals surface area contributed by atoms with Gasteiger partial charge in [0.1, 0.15) is 0 Å². The topological polar surface area (TPSA) is 52.6 Å². The highest BCUT2D eigenvalue weighted by Gasteiger charge is 2.27. The SMILES string of the molecule is COC(=O)C(CC=C(C)c1ccccc1)C(=O)OC. The zero-order valence-electron chi connectivity index (χ0n) is 11.4. The Balaban J connectivity index is 2.81. The smallest absolute Gasteiger partial charge is 0.320 e. The van der Waals surface area contributed by atoms with Crippen LogP contribution in [0.2, 0.25) is 0 Å². The van der Waals surface area contributed by atoms with Crippen molar-refractivity contribution in [3.63, 3.8) is 0 Å². The third-order valence-corrected chi connectivity index (χ3v) is 2.86. The molecule has 0 heterocycles. The van der Waals surface area contributed by atoms with Crippen LogP contribution < -0.4 is 0 Å². The van der Waals surface area contributed by atoms with E-state index in [-0.39, 0.29) is 6.42 Å². The maximum atomic E-state index is 11.5. The predicted octanol–water partition coefficient (Wildman–Crippen LogP) is 2.44. The van der Waals surface area contributed by atoms with E-state index < -0.39 is 17.9 Å². The van der Waals surface area contributed by atoms with Gasteiger partial charge in [0.05, 0.1) is 14.2 Å². The number of esters is 2. The Bertz CT molecular complexity index is 446. The summed E-state index contributed by atoms with van der Waals surface area (Å²) in [4.78, 5) is 23.0. The molecule has 0 aliphatic heterocycles. The first kappa shape index (κ1) is 15.0. The molecule has 0 saturated heterocycles. The fourth-order valence-electron chi connectivity index (χ4n) is 1.69. The number of hydrogen-bond donors (Lipinski definition) is 0. The molecular formula is C15H18O4. The van der Waals surface area contributed by atoms with Gasteiger partial charge in [-0.05, 0) is 24.5 Å². The first-order chi connectivity index (χ1) is 9.10. The Morgan fingerprint density at radius 2 is 1.63 bits per heavy atom. The van der Waals surface area contributed by atoms with Gasteiger partial charge in [-0.15, -0.1) is 0 Å². The highest BCUT2D eigenvalue weighted by atomic mass is 16.5. The summed E-state index contributed by atoms with van der Waals surface area (Å²) >= 11 is 0. The van der Waals surface area contributed by atoms with Crippen LogP contribution in [0.15, 0.2) is 36.4 Å². The first-order valence-electron chi connectivity index (χ1n) is 5.98. The van der Waals surface area contributed by atoms with Crippen LogP contribution in [-0.2, 0) is 19.1 Å². The summed E-state index contributed by atoms with van der Waals surface area (Å²) < 4.78 is 9.21. The standard InChI is InChI=1S/C15H18O4/c1-11(12-7-5-4-6-8-12)9-10-13(14(16)18-2)15(17)19-3/h4-9,13H,10H2,1-3H3. The van der Waals surface area contributed by atoms with Gasteiger partial charge in [0.2, 0.25) is 0 Å². The van der Waals surface area contributed by atoms with Gasteiger partial charge in [0.15, 0.2) is 5.92 Å². The molecule has 1 aromatic carbocycles. The normalized spacial score (nSPS) is 11.3. The maximum Gasteiger partial charge on any atom is 0.320 e. The number of hydrogen-bond acceptors (Lipinski definition) is 4. The fraction of sp³-hybridized carbons (Fsp3) is 0.333. The minimum absolute atomic E-state index is 0.264. The Morgan fingerprint density at radius 1 is 1.11 bits per heavy atom. The lowest BCUT2D eigenvalue weighted by molar-refractivity contribution is -0.158. The Labute approximate surface area is 113 Å². The predicted molar refractivity (Wildman–Crippen MR) is 72.2 cm³/mol. The molecule has 0 spiro atoms. The second-order valence-electron chi connectivity index (χ2n) is 4.09. The van der Waals surface area contributed by atoms with E-state index in [4.69, 9.17) is 0 Å². The van der Waals surface area contributed by atoms with Crippen molar-refractivity contribution in [2.75, 3.05) is 14.2 Å². The molecule has 4 nitrogen and oxygen atoms in total. The quantitative estimate of drug-likeness (QED) is 0.604. The van der Waals surface area contributed by atoms with Crippen molar-refractivity contribution >= 4 is 17.5 Å². The molecule has 0 aromatic heterocycles. The van der Waals surface area contributed by atoms with Crippen LogP contribution in [0, 0.1) is 5.92 Å². The zero-order chi connectivity index (χ0) is 14.3. The minimum Gasteiger partial charge on any atom is -0.468 e. The summed E-state index contributed by atoms with van der Waals surface area (Å²) in [5, 5.41) is 0. The molecule has 0 aliphatic rings. The van der Waals surface area contributed by atoms with E-state index in [0.29, 0.717) is 0 Å². The van der Waals surface area contributed by atoms with Gasteiger partial charge in [-0.25, -0.2) is 0 Å². The Kier molecular flexibility index (Phi) is 5.79. The van der Waals surface area contributed by atoms with E-state index >= 15 is 0 Å². The van der Waals surface area contributed by atoms with Crippen LogP contribution in [-0.4, -0.2) is 26.2 Å². The molecule has 4 heteroatoms. The monoisotopic (exact) mass is 262 g/mol. The van der Waals surface area contributed by atoms with Gasteiger partial charge in [-0.2, -0.15) is 0 Å². The van der Waals surface area contributed by atoms with Gasteiger partial charge < -0.3 is 9.47 Å². The van der Waals surface area contributed by atoms with Crippen molar-refractivity contribution in [3.05, 3.63) is 42.0 Å². The van der Waals surface area contributed by atoms with E-state index in [0.717, 1.165) is 11.1 Å². The molecule has 1 aromatic rings. The van der Waals surface area contributed by atoms with Crippen LogP contribution in [0.25, 0.3) is 5.57 Å². The van der Waals surface area contributed by atoms with Crippen molar-refractivity contribution in [1.82, 2.24) is 0 Å². The molecule has 0 saturated carbocycles. The third-order valence-electron chi connectivity index (χ3n) is 2.86. The number of benzene rings is 1. The number of carbonyl (C=O) groups excluding carboxylic acids is 2. The molecular weight excluding hydrogens is 244 g/mol.